The van der Waals surface area contributed by atoms with E-state index in [1.807, 2.05) is 0 Å². The van der Waals surface area contributed by atoms with Crippen LogP contribution in [0.1, 0.15) is 12.7 Å². The van der Waals surface area contributed by atoms with Crippen molar-refractivity contribution in [1.82, 2.24) is 0 Å². The zero-order valence-electron chi connectivity index (χ0n) is 6.66. The van der Waals surface area contributed by atoms with Gasteiger partial charge in [0.1, 0.15) is 5.76 Å². The predicted octanol–water partition coefficient (Wildman–Crippen LogP) is 1.38. The van der Waals surface area contributed by atoms with Gasteiger partial charge in [0.2, 0.25) is 0 Å². The van der Waals surface area contributed by atoms with E-state index < -0.39 is 5.97 Å². The first-order chi connectivity index (χ1) is 5.72. The summed E-state index contributed by atoms with van der Waals surface area (Å²) in [4.78, 5) is 10.5. The van der Waals surface area contributed by atoms with E-state index in [9.17, 15) is 4.79 Å². The molecule has 1 aromatic heterocycles. The van der Waals surface area contributed by atoms with Crippen molar-refractivity contribution in [3.8, 4) is 18.3 Å². The molecule has 0 unspecified atom stereocenters. The van der Waals surface area contributed by atoms with Crippen molar-refractivity contribution >= 4 is 5.97 Å². The minimum absolute atomic E-state index is 0.188. The number of carbonyl (C=O) groups excluding carboxylic acids is 1. The average molecular weight is 164 g/mol. The Labute approximate surface area is 70.3 Å². The Balaban J connectivity index is 2.65. The van der Waals surface area contributed by atoms with Crippen molar-refractivity contribution in [2.24, 2.45) is 0 Å². The number of hydrogen-bond donors (Lipinski definition) is 0. The van der Waals surface area contributed by atoms with Crippen LogP contribution < -0.4 is 4.74 Å². The highest BCUT2D eigenvalue weighted by molar-refractivity contribution is 5.68. The highest BCUT2D eigenvalue weighted by atomic mass is 16.6. The Hall–Kier alpha value is -1.69. The number of ether oxygens (including phenoxy) is 1. The predicted molar refractivity (Wildman–Crippen MR) is 42.6 cm³/mol. The second kappa shape index (κ2) is 3.63. The van der Waals surface area contributed by atoms with E-state index in [-0.39, 0.29) is 5.95 Å². The van der Waals surface area contributed by atoms with Crippen LogP contribution in [-0.2, 0) is 11.2 Å². The molecule has 0 atom stereocenters. The number of terminal acetylenes is 1. The fourth-order valence-electron chi connectivity index (χ4n) is 0.750. The maximum atomic E-state index is 10.5. The zero-order valence-corrected chi connectivity index (χ0v) is 6.66. The van der Waals surface area contributed by atoms with Gasteiger partial charge in [-0.05, 0) is 6.07 Å². The monoisotopic (exact) mass is 164 g/mol. The van der Waals surface area contributed by atoms with Gasteiger partial charge in [-0.25, -0.2) is 0 Å². The van der Waals surface area contributed by atoms with E-state index in [1.165, 1.54) is 6.92 Å². The van der Waals surface area contributed by atoms with Crippen molar-refractivity contribution in [3.05, 3.63) is 17.9 Å². The molecule has 12 heavy (non-hydrogen) atoms. The van der Waals surface area contributed by atoms with E-state index >= 15 is 0 Å². The van der Waals surface area contributed by atoms with Gasteiger partial charge in [-0.1, -0.05) is 5.92 Å². The van der Waals surface area contributed by atoms with Gasteiger partial charge in [0.05, 0.1) is 6.42 Å². The minimum atomic E-state index is -0.406. The maximum Gasteiger partial charge on any atom is 0.310 e. The quantitative estimate of drug-likeness (QED) is 0.489. The van der Waals surface area contributed by atoms with Crippen LogP contribution in [0.2, 0.25) is 0 Å². The molecule has 1 aromatic rings. The first kappa shape index (κ1) is 8.41. The molecule has 1 rings (SSSR count). The molecule has 0 aliphatic heterocycles. The molecule has 0 N–H and O–H groups in total. The van der Waals surface area contributed by atoms with Crippen molar-refractivity contribution < 1.29 is 13.9 Å². The first-order valence-corrected chi connectivity index (χ1v) is 3.43. The standard InChI is InChI=1S/C9H8O3/c1-3-4-8-5-6-9(12-8)11-7(2)10/h1,5-6H,4H2,2H3. The van der Waals surface area contributed by atoms with Gasteiger partial charge in [-0.2, -0.15) is 0 Å². The third-order valence-corrected chi connectivity index (χ3v) is 1.16. The molecule has 62 valence electrons. The summed E-state index contributed by atoms with van der Waals surface area (Å²) in [7, 11) is 0. The second-order valence-electron chi connectivity index (χ2n) is 2.20. The second-order valence-corrected chi connectivity index (χ2v) is 2.20. The van der Waals surface area contributed by atoms with Crippen molar-refractivity contribution in [2.75, 3.05) is 0 Å². The topological polar surface area (TPSA) is 39.4 Å². The summed E-state index contributed by atoms with van der Waals surface area (Å²) >= 11 is 0. The highest BCUT2D eigenvalue weighted by Crippen LogP contribution is 2.15. The SMILES string of the molecule is C#CCc1ccc(OC(C)=O)o1. The summed E-state index contributed by atoms with van der Waals surface area (Å²) in [6.07, 6.45) is 5.46. The Morgan fingerprint density at radius 2 is 2.50 bits per heavy atom. The largest absolute Gasteiger partial charge is 0.429 e. The summed E-state index contributed by atoms with van der Waals surface area (Å²) in [6.45, 7) is 1.31. The smallest absolute Gasteiger partial charge is 0.310 e. The molecule has 0 aliphatic rings. The fourth-order valence-corrected chi connectivity index (χ4v) is 0.750. The number of hydrogen-bond acceptors (Lipinski definition) is 3. The van der Waals surface area contributed by atoms with Crippen LogP contribution in [0, 0.1) is 12.3 Å². The van der Waals surface area contributed by atoms with E-state index in [0.717, 1.165) is 0 Å². The summed E-state index contributed by atoms with van der Waals surface area (Å²) in [5.74, 6) is 2.82. The number of furan rings is 1. The first-order valence-electron chi connectivity index (χ1n) is 3.43. The molecule has 1 heterocycles. The van der Waals surface area contributed by atoms with Gasteiger partial charge in [-0.3, -0.25) is 4.79 Å². The van der Waals surface area contributed by atoms with E-state index in [2.05, 4.69) is 10.7 Å². The zero-order chi connectivity index (χ0) is 8.97. The van der Waals surface area contributed by atoms with Gasteiger partial charge in [0.25, 0.3) is 5.95 Å². The molecule has 0 saturated heterocycles. The van der Waals surface area contributed by atoms with Gasteiger partial charge in [0, 0.05) is 13.0 Å². The Kier molecular flexibility index (Phi) is 2.54. The van der Waals surface area contributed by atoms with Crippen molar-refractivity contribution in [2.45, 2.75) is 13.3 Å². The molecule has 3 nitrogen and oxygen atoms in total. The Bertz CT molecular complexity index is 317. The lowest BCUT2D eigenvalue weighted by molar-refractivity contribution is -0.133. The fraction of sp³-hybridized carbons (Fsp3) is 0.222. The van der Waals surface area contributed by atoms with Crippen LogP contribution in [-0.4, -0.2) is 5.97 Å². The van der Waals surface area contributed by atoms with Crippen molar-refractivity contribution in [1.29, 1.82) is 0 Å². The third-order valence-electron chi connectivity index (χ3n) is 1.16. The van der Waals surface area contributed by atoms with Gasteiger partial charge >= 0.3 is 5.97 Å². The molecule has 0 aromatic carbocycles. The van der Waals surface area contributed by atoms with E-state index in [0.29, 0.717) is 12.2 Å². The minimum Gasteiger partial charge on any atom is -0.429 e. The third kappa shape index (κ3) is 2.17. The lowest BCUT2D eigenvalue weighted by atomic mass is 10.3. The van der Waals surface area contributed by atoms with Crippen LogP contribution in [0.15, 0.2) is 16.5 Å². The van der Waals surface area contributed by atoms with Gasteiger partial charge in [0.15, 0.2) is 0 Å². The molecule has 0 aliphatic carbocycles. The number of esters is 1. The van der Waals surface area contributed by atoms with Crippen LogP contribution in [0.4, 0.5) is 0 Å². The summed E-state index contributed by atoms with van der Waals surface area (Å²) in [5, 5.41) is 0. The highest BCUT2D eigenvalue weighted by Gasteiger charge is 2.03. The van der Waals surface area contributed by atoms with E-state index in [4.69, 9.17) is 10.8 Å². The van der Waals surface area contributed by atoms with Crippen LogP contribution in [0.3, 0.4) is 0 Å². The molecular weight excluding hydrogens is 156 g/mol. The van der Waals surface area contributed by atoms with E-state index in [1.54, 1.807) is 12.1 Å². The number of carbonyl (C=O) groups is 1. The normalized spacial score (nSPS) is 9.00. The Morgan fingerprint density at radius 3 is 3.08 bits per heavy atom. The average Bonchev–Trinajstić information content (AvgIpc) is 2.36. The molecule has 0 bridgehead atoms. The maximum absolute atomic E-state index is 10.5. The van der Waals surface area contributed by atoms with Gasteiger partial charge in [-0.15, -0.1) is 6.42 Å². The lowest BCUT2D eigenvalue weighted by Crippen LogP contribution is -1.99. The van der Waals surface area contributed by atoms with Crippen LogP contribution in [0.5, 0.6) is 5.95 Å². The van der Waals surface area contributed by atoms with Crippen molar-refractivity contribution in [3.63, 3.8) is 0 Å². The molecule has 0 radical (unpaired) electrons. The molecular formula is C9H8O3. The van der Waals surface area contributed by atoms with Crippen LogP contribution in [0.25, 0.3) is 0 Å². The molecule has 0 amide bonds. The number of rotatable bonds is 2. The van der Waals surface area contributed by atoms with Crippen LogP contribution >= 0.6 is 0 Å². The molecule has 3 heteroatoms. The Morgan fingerprint density at radius 1 is 1.75 bits per heavy atom. The van der Waals surface area contributed by atoms with Gasteiger partial charge < -0.3 is 9.15 Å². The molecule has 0 fully saturated rings. The molecule has 0 spiro atoms. The summed E-state index contributed by atoms with van der Waals surface area (Å²) in [6, 6.07) is 3.24. The summed E-state index contributed by atoms with van der Waals surface area (Å²) < 4.78 is 9.72. The summed E-state index contributed by atoms with van der Waals surface area (Å²) in [5.41, 5.74) is 0. The lowest BCUT2D eigenvalue weighted by Gasteiger charge is -1.93. The molecule has 0 saturated carbocycles.